The second kappa shape index (κ2) is 7.40. The minimum Gasteiger partial charge on any atom is -0.480 e. The third kappa shape index (κ3) is 4.84. The van der Waals surface area contributed by atoms with Gasteiger partial charge >= 0.3 is 5.97 Å². The molecule has 0 fully saturated rings. The third-order valence-electron chi connectivity index (χ3n) is 3.25. The Morgan fingerprint density at radius 2 is 1.91 bits per heavy atom. The molecule has 2 N–H and O–H groups in total. The smallest absolute Gasteiger partial charge is 0.326 e. The number of carboxylic acid groups (broad SMARTS) is 1. The summed E-state index contributed by atoms with van der Waals surface area (Å²) in [5.74, 6) is -1.80. The molecule has 1 atom stereocenters. The molecule has 0 heterocycles. The van der Waals surface area contributed by atoms with Gasteiger partial charge in [0.1, 0.15) is 6.04 Å². The molecule has 6 nitrogen and oxygen atoms in total. The van der Waals surface area contributed by atoms with Crippen LogP contribution in [0.25, 0.3) is 0 Å². The topological polar surface area (TPSA) is 101 Å². The monoisotopic (exact) mass is 327 g/mol. The minimum absolute atomic E-state index is 0.0168. The average Bonchev–Trinajstić information content (AvgIpc) is 2.44. The van der Waals surface area contributed by atoms with Gasteiger partial charge in [-0.1, -0.05) is 32.9 Å². The van der Waals surface area contributed by atoms with E-state index in [0.29, 0.717) is 5.56 Å². The second-order valence-electron chi connectivity index (χ2n) is 5.36. The summed E-state index contributed by atoms with van der Waals surface area (Å²) < 4.78 is 23.6. The van der Waals surface area contributed by atoms with Crippen LogP contribution >= 0.6 is 0 Å². The molecular formula is C15H21NO5S. The normalized spacial score (nSPS) is 12.9. The van der Waals surface area contributed by atoms with E-state index in [4.69, 9.17) is 5.11 Å². The fourth-order valence-corrected chi connectivity index (χ4v) is 2.89. The van der Waals surface area contributed by atoms with Gasteiger partial charge in [-0.05, 0) is 23.6 Å². The van der Waals surface area contributed by atoms with Crippen molar-refractivity contribution < 1.29 is 23.1 Å². The quantitative estimate of drug-likeness (QED) is 0.785. The lowest BCUT2D eigenvalue weighted by Crippen LogP contribution is -2.44. The molecule has 22 heavy (non-hydrogen) atoms. The van der Waals surface area contributed by atoms with E-state index in [1.165, 1.54) is 12.1 Å². The van der Waals surface area contributed by atoms with Crippen molar-refractivity contribution in [1.29, 1.82) is 0 Å². The number of aliphatic carboxylic acids is 1. The number of carbonyl (C=O) groups excluding carboxylic acids is 1. The van der Waals surface area contributed by atoms with Gasteiger partial charge in [-0.25, -0.2) is 13.2 Å². The lowest BCUT2D eigenvalue weighted by atomic mass is 10.0. The highest BCUT2D eigenvalue weighted by Crippen LogP contribution is 2.14. The molecule has 0 radical (unpaired) electrons. The fraction of sp³-hybridized carbons (Fsp3) is 0.467. The van der Waals surface area contributed by atoms with E-state index in [2.05, 4.69) is 5.32 Å². The maximum Gasteiger partial charge on any atom is 0.326 e. The zero-order valence-electron chi connectivity index (χ0n) is 12.9. The number of nitrogens with one attached hydrogen (secondary N) is 1. The van der Waals surface area contributed by atoms with Crippen LogP contribution in [0.2, 0.25) is 0 Å². The molecule has 1 rings (SSSR count). The Morgan fingerprint density at radius 3 is 2.41 bits per heavy atom. The predicted molar refractivity (Wildman–Crippen MR) is 82.3 cm³/mol. The molecular weight excluding hydrogens is 306 g/mol. The molecule has 0 saturated heterocycles. The summed E-state index contributed by atoms with van der Waals surface area (Å²) in [6.07, 6.45) is -0.0659. The highest BCUT2D eigenvalue weighted by Gasteiger charge is 2.23. The van der Waals surface area contributed by atoms with Crippen molar-refractivity contribution in [3.05, 3.63) is 29.8 Å². The van der Waals surface area contributed by atoms with Gasteiger partial charge in [0, 0.05) is 0 Å². The molecule has 0 spiro atoms. The zero-order chi connectivity index (χ0) is 16.9. The highest BCUT2D eigenvalue weighted by atomic mass is 32.2. The molecule has 0 saturated carbocycles. The van der Waals surface area contributed by atoms with E-state index in [-0.39, 0.29) is 23.0 Å². The highest BCUT2D eigenvalue weighted by molar-refractivity contribution is 7.91. The zero-order valence-corrected chi connectivity index (χ0v) is 13.7. The summed E-state index contributed by atoms with van der Waals surface area (Å²) in [4.78, 5) is 23.2. The molecule has 0 aliphatic rings. The van der Waals surface area contributed by atoms with Crippen LogP contribution in [-0.4, -0.2) is 37.2 Å². The first-order chi connectivity index (χ1) is 10.2. The lowest BCUT2D eigenvalue weighted by molar-refractivity contribution is -0.143. The van der Waals surface area contributed by atoms with E-state index in [0.717, 1.165) is 0 Å². The first-order valence-corrected chi connectivity index (χ1v) is 8.66. The number of carbonyl (C=O) groups is 2. The van der Waals surface area contributed by atoms with Gasteiger partial charge in [-0.15, -0.1) is 0 Å². The van der Waals surface area contributed by atoms with Crippen molar-refractivity contribution in [1.82, 2.24) is 5.32 Å². The Balaban J connectivity index is 2.85. The van der Waals surface area contributed by atoms with Gasteiger partial charge in [0.05, 0.1) is 17.1 Å². The molecule has 1 unspecified atom stereocenters. The van der Waals surface area contributed by atoms with E-state index in [1.54, 1.807) is 32.9 Å². The summed E-state index contributed by atoms with van der Waals surface area (Å²) in [6, 6.07) is 5.18. The molecule has 1 aromatic carbocycles. The van der Waals surface area contributed by atoms with Crippen LogP contribution in [0, 0.1) is 5.92 Å². The summed E-state index contributed by atoms with van der Waals surface area (Å²) in [7, 11) is -3.33. The van der Waals surface area contributed by atoms with Crippen molar-refractivity contribution in [2.24, 2.45) is 5.92 Å². The van der Waals surface area contributed by atoms with Crippen molar-refractivity contribution in [3.63, 3.8) is 0 Å². The Kier molecular flexibility index (Phi) is 6.11. The van der Waals surface area contributed by atoms with E-state index >= 15 is 0 Å². The van der Waals surface area contributed by atoms with Gasteiger partial charge in [0.25, 0.3) is 0 Å². The molecule has 0 aromatic heterocycles. The number of carboxylic acids is 1. The molecule has 1 aromatic rings. The minimum atomic E-state index is -3.33. The fourth-order valence-electron chi connectivity index (χ4n) is 1.94. The van der Waals surface area contributed by atoms with Crippen LogP contribution in [0.5, 0.6) is 0 Å². The average molecular weight is 327 g/mol. The Morgan fingerprint density at radius 1 is 1.27 bits per heavy atom. The van der Waals surface area contributed by atoms with Crippen molar-refractivity contribution in [3.8, 4) is 0 Å². The van der Waals surface area contributed by atoms with Crippen molar-refractivity contribution >= 4 is 21.7 Å². The standard InChI is InChI=1S/C15H21NO5S/c1-4-22(20,21)12-7-5-6-11(8-12)9-13(17)16-14(10(2)3)15(18)19/h5-8,10,14H,4,9H2,1-3H3,(H,16,17)(H,18,19). The number of hydrogen-bond donors (Lipinski definition) is 2. The number of hydrogen-bond acceptors (Lipinski definition) is 4. The van der Waals surface area contributed by atoms with E-state index in [1.807, 2.05) is 0 Å². The Hall–Kier alpha value is -1.89. The van der Waals surface area contributed by atoms with Gasteiger partial charge < -0.3 is 10.4 Å². The second-order valence-corrected chi connectivity index (χ2v) is 7.63. The first kappa shape index (κ1) is 18.2. The number of amides is 1. The van der Waals surface area contributed by atoms with Gasteiger partial charge in [-0.2, -0.15) is 0 Å². The first-order valence-electron chi connectivity index (χ1n) is 7.01. The number of sulfone groups is 1. The SMILES string of the molecule is CCS(=O)(=O)c1cccc(CC(=O)NC(C(=O)O)C(C)C)c1. The molecule has 0 aliphatic carbocycles. The van der Waals surface area contributed by atoms with Gasteiger partial charge in [0.15, 0.2) is 9.84 Å². The largest absolute Gasteiger partial charge is 0.480 e. The van der Waals surface area contributed by atoms with E-state index < -0.39 is 27.8 Å². The van der Waals surface area contributed by atoms with Crippen LogP contribution in [0.1, 0.15) is 26.3 Å². The predicted octanol–water partition coefficient (Wildman–Crippen LogP) is 1.25. The van der Waals surface area contributed by atoms with Crippen LogP contribution in [0.3, 0.4) is 0 Å². The molecule has 122 valence electrons. The Bertz CT molecular complexity index is 652. The Labute approximate surface area is 130 Å². The van der Waals surface area contributed by atoms with Crippen LogP contribution in [0.15, 0.2) is 29.2 Å². The van der Waals surface area contributed by atoms with E-state index in [9.17, 15) is 18.0 Å². The number of benzene rings is 1. The van der Waals surface area contributed by atoms with Gasteiger partial charge in [0.2, 0.25) is 5.91 Å². The van der Waals surface area contributed by atoms with Crippen LogP contribution in [-0.2, 0) is 25.8 Å². The third-order valence-corrected chi connectivity index (χ3v) is 4.98. The molecule has 7 heteroatoms. The van der Waals surface area contributed by atoms with Crippen molar-refractivity contribution in [2.75, 3.05) is 5.75 Å². The summed E-state index contributed by atoms with van der Waals surface area (Å²) in [6.45, 7) is 4.95. The lowest BCUT2D eigenvalue weighted by Gasteiger charge is -2.18. The molecule has 0 aliphatic heterocycles. The van der Waals surface area contributed by atoms with Crippen molar-refractivity contribution in [2.45, 2.75) is 38.1 Å². The molecule has 1 amide bonds. The van der Waals surface area contributed by atoms with Crippen LogP contribution in [0.4, 0.5) is 0 Å². The molecule has 0 bridgehead atoms. The van der Waals surface area contributed by atoms with Gasteiger partial charge in [-0.3, -0.25) is 4.79 Å². The maximum absolute atomic E-state index is 11.9. The maximum atomic E-state index is 11.9. The summed E-state index contributed by atoms with van der Waals surface area (Å²) in [5, 5.41) is 11.5. The summed E-state index contributed by atoms with van der Waals surface area (Å²) >= 11 is 0. The van der Waals surface area contributed by atoms with Crippen LogP contribution < -0.4 is 5.32 Å². The number of rotatable bonds is 7. The summed E-state index contributed by atoms with van der Waals surface area (Å²) in [5.41, 5.74) is 0.528.